The van der Waals surface area contributed by atoms with E-state index in [-0.39, 0.29) is 16.7 Å². The van der Waals surface area contributed by atoms with Gasteiger partial charge in [-0.05, 0) is 17.5 Å². The van der Waals surface area contributed by atoms with Crippen molar-refractivity contribution in [2.45, 2.75) is 20.8 Å². The van der Waals surface area contributed by atoms with Gasteiger partial charge >= 0.3 is 0 Å². The van der Waals surface area contributed by atoms with Crippen molar-refractivity contribution in [3.8, 4) is 0 Å². The van der Waals surface area contributed by atoms with Crippen molar-refractivity contribution < 1.29 is 9.72 Å². The van der Waals surface area contributed by atoms with Gasteiger partial charge in [-0.15, -0.1) is 0 Å². The first-order valence-electron chi connectivity index (χ1n) is 5.78. The zero-order valence-corrected chi connectivity index (χ0v) is 11.2. The Morgan fingerprint density at radius 2 is 2.05 bits per heavy atom. The predicted molar refractivity (Wildman–Crippen MR) is 72.7 cm³/mol. The maximum atomic E-state index is 12.0. The van der Waals surface area contributed by atoms with Crippen LogP contribution >= 0.6 is 0 Å². The molecule has 1 rings (SSSR count). The van der Waals surface area contributed by atoms with E-state index < -0.39 is 10.8 Å². The van der Waals surface area contributed by atoms with E-state index in [1.807, 2.05) is 20.8 Å². The number of anilines is 1. The quantitative estimate of drug-likeness (QED) is 0.436. The number of hydrogen-bond acceptors (Lipinski definition) is 5. The largest absolute Gasteiger partial charge is 0.351 e. The highest BCUT2D eigenvalue weighted by Gasteiger charge is 2.21. The molecule has 0 heterocycles. The standard InChI is InChI=1S/C12H18N4O3/c1-12(2,3)7-14-11(17)9-6-8(15-13)4-5-10(9)16(18)19/h4-6,15H,7,13H2,1-3H3,(H,14,17). The topological polar surface area (TPSA) is 110 Å². The van der Waals surface area contributed by atoms with Crippen LogP contribution in [0.25, 0.3) is 0 Å². The maximum Gasteiger partial charge on any atom is 0.282 e. The Labute approximate surface area is 111 Å². The van der Waals surface area contributed by atoms with Gasteiger partial charge in [-0.25, -0.2) is 0 Å². The van der Waals surface area contributed by atoms with Gasteiger partial charge < -0.3 is 10.7 Å². The summed E-state index contributed by atoms with van der Waals surface area (Å²) in [5.41, 5.74) is 2.44. The van der Waals surface area contributed by atoms with E-state index in [1.165, 1.54) is 18.2 Å². The average molecular weight is 266 g/mol. The van der Waals surface area contributed by atoms with Gasteiger partial charge in [0.25, 0.3) is 11.6 Å². The Hall–Kier alpha value is -2.15. The van der Waals surface area contributed by atoms with Gasteiger partial charge in [-0.2, -0.15) is 0 Å². The molecule has 0 saturated heterocycles. The molecule has 7 heteroatoms. The van der Waals surface area contributed by atoms with E-state index in [0.717, 1.165) is 0 Å². The summed E-state index contributed by atoms with van der Waals surface area (Å²) < 4.78 is 0. The molecule has 1 aromatic rings. The minimum Gasteiger partial charge on any atom is -0.351 e. The zero-order chi connectivity index (χ0) is 14.6. The molecular weight excluding hydrogens is 248 g/mol. The Bertz CT molecular complexity index is 494. The molecule has 7 nitrogen and oxygen atoms in total. The molecule has 0 aromatic heterocycles. The lowest BCUT2D eigenvalue weighted by atomic mass is 9.97. The monoisotopic (exact) mass is 266 g/mol. The van der Waals surface area contributed by atoms with Crippen LogP contribution in [0.2, 0.25) is 0 Å². The number of amides is 1. The molecular formula is C12H18N4O3. The minimum absolute atomic E-state index is 0.00954. The number of nitrogens with zero attached hydrogens (tertiary/aromatic N) is 1. The molecule has 1 amide bonds. The van der Waals surface area contributed by atoms with Crippen LogP contribution in [0.15, 0.2) is 18.2 Å². The molecule has 0 aliphatic heterocycles. The lowest BCUT2D eigenvalue weighted by Crippen LogP contribution is -2.32. The van der Waals surface area contributed by atoms with Crippen LogP contribution in [0.1, 0.15) is 31.1 Å². The number of nitrogen functional groups attached to an aromatic ring is 1. The van der Waals surface area contributed by atoms with Crippen molar-refractivity contribution in [1.29, 1.82) is 0 Å². The van der Waals surface area contributed by atoms with Gasteiger partial charge in [-0.1, -0.05) is 20.8 Å². The Morgan fingerprint density at radius 3 is 2.53 bits per heavy atom. The van der Waals surface area contributed by atoms with Crippen molar-refractivity contribution in [2.24, 2.45) is 11.3 Å². The third kappa shape index (κ3) is 4.22. The van der Waals surface area contributed by atoms with Crippen LogP contribution in [-0.2, 0) is 0 Å². The van der Waals surface area contributed by atoms with Gasteiger partial charge in [0, 0.05) is 18.3 Å². The summed E-state index contributed by atoms with van der Waals surface area (Å²) in [5.74, 6) is 4.75. The summed E-state index contributed by atoms with van der Waals surface area (Å²) in [4.78, 5) is 22.3. The lowest BCUT2D eigenvalue weighted by molar-refractivity contribution is -0.385. The molecule has 1 aromatic carbocycles. The van der Waals surface area contributed by atoms with Gasteiger partial charge in [-0.3, -0.25) is 20.8 Å². The first-order valence-corrected chi connectivity index (χ1v) is 5.78. The van der Waals surface area contributed by atoms with E-state index in [1.54, 1.807) is 0 Å². The van der Waals surface area contributed by atoms with E-state index in [0.29, 0.717) is 12.2 Å². The van der Waals surface area contributed by atoms with Gasteiger partial charge in [0.15, 0.2) is 0 Å². The molecule has 0 atom stereocenters. The number of hydrogen-bond donors (Lipinski definition) is 3. The van der Waals surface area contributed by atoms with E-state index >= 15 is 0 Å². The van der Waals surface area contributed by atoms with Crippen molar-refractivity contribution in [3.63, 3.8) is 0 Å². The number of nitrogens with two attached hydrogens (primary N) is 1. The van der Waals surface area contributed by atoms with Crippen LogP contribution in [0.5, 0.6) is 0 Å². The fourth-order valence-corrected chi connectivity index (χ4v) is 1.41. The molecule has 0 radical (unpaired) electrons. The second-order valence-electron chi connectivity index (χ2n) is 5.38. The number of nitro benzene ring substituents is 1. The predicted octanol–water partition coefficient (Wildman–Crippen LogP) is 1.66. The highest BCUT2D eigenvalue weighted by Crippen LogP contribution is 2.22. The molecule has 0 fully saturated rings. The molecule has 19 heavy (non-hydrogen) atoms. The van der Waals surface area contributed by atoms with E-state index in [4.69, 9.17) is 5.84 Å². The first kappa shape index (κ1) is 14.9. The molecule has 0 aliphatic rings. The molecule has 0 spiro atoms. The third-order valence-electron chi connectivity index (χ3n) is 2.38. The number of hydrazine groups is 1. The number of nitro groups is 1. The number of rotatable bonds is 4. The second-order valence-corrected chi connectivity index (χ2v) is 5.38. The van der Waals surface area contributed by atoms with Crippen molar-refractivity contribution in [3.05, 3.63) is 33.9 Å². The molecule has 0 unspecified atom stereocenters. The lowest BCUT2D eigenvalue weighted by Gasteiger charge is -2.18. The van der Waals surface area contributed by atoms with Crippen LogP contribution in [0.4, 0.5) is 11.4 Å². The van der Waals surface area contributed by atoms with Crippen LogP contribution in [-0.4, -0.2) is 17.4 Å². The third-order valence-corrected chi connectivity index (χ3v) is 2.38. The minimum atomic E-state index is -0.591. The van der Waals surface area contributed by atoms with E-state index in [2.05, 4.69) is 10.7 Å². The summed E-state index contributed by atoms with van der Waals surface area (Å²) in [6.45, 7) is 6.29. The fourth-order valence-electron chi connectivity index (χ4n) is 1.41. The average Bonchev–Trinajstić information content (AvgIpc) is 2.34. The summed E-state index contributed by atoms with van der Waals surface area (Å²) in [7, 11) is 0. The van der Waals surface area contributed by atoms with Crippen LogP contribution < -0.4 is 16.6 Å². The number of carbonyl (C=O) groups is 1. The maximum absolute atomic E-state index is 12.0. The summed E-state index contributed by atoms with van der Waals surface area (Å²) in [5, 5.41) is 13.6. The Balaban J connectivity index is 3.02. The molecule has 4 N–H and O–H groups in total. The molecule has 0 bridgehead atoms. The summed E-state index contributed by atoms with van der Waals surface area (Å²) in [6.07, 6.45) is 0. The van der Waals surface area contributed by atoms with Gasteiger partial charge in [0.2, 0.25) is 0 Å². The van der Waals surface area contributed by atoms with E-state index in [9.17, 15) is 14.9 Å². The fraction of sp³-hybridized carbons (Fsp3) is 0.417. The summed E-state index contributed by atoms with van der Waals surface area (Å²) >= 11 is 0. The number of nitrogens with one attached hydrogen (secondary N) is 2. The highest BCUT2D eigenvalue weighted by molar-refractivity contribution is 5.99. The normalized spacial score (nSPS) is 10.9. The Morgan fingerprint density at radius 1 is 1.42 bits per heavy atom. The molecule has 0 aliphatic carbocycles. The summed E-state index contributed by atoms with van der Waals surface area (Å²) in [6, 6.07) is 4.05. The van der Waals surface area contributed by atoms with Crippen LogP contribution in [0, 0.1) is 15.5 Å². The number of carbonyl (C=O) groups excluding carboxylic acids is 1. The number of benzene rings is 1. The van der Waals surface area contributed by atoms with Crippen LogP contribution in [0.3, 0.4) is 0 Å². The Kier molecular flexibility index (Phi) is 4.44. The molecule has 104 valence electrons. The smallest absolute Gasteiger partial charge is 0.282 e. The molecule has 0 saturated carbocycles. The van der Waals surface area contributed by atoms with Crippen molar-refractivity contribution in [1.82, 2.24) is 5.32 Å². The van der Waals surface area contributed by atoms with Crippen molar-refractivity contribution >= 4 is 17.3 Å². The highest BCUT2D eigenvalue weighted by atomic mass is 16.6. The second kappa shape index (κ2) is 5.66. The first-order chi connectivity index (χ1) is 8.74. The zero-order valence-electron chi connectivity index (χ0n) is 11.2. The van der Waals surface area contributed by atoms with Gasteiger partial charge in [0.1, 0.15) is 5.56 Å². The SMILES string of the molecule is CC(C)(C)CNC(=O)c1cc(NN)ccc1[N+](=O)[O-]. The van der Waals surface area contributed by atoms with Crippen molar-refractivity contribution in [2.75, 3.05) is 12.0 Å². The van der Waals surface area contributed by atoms with Gasteiger partial charge in [0.05, 0.1) is 4.92 Å².